The van der Waals surface area contributed by atoms with Crippen LogP contribution in [0.2, 0.25) is 0 Å². The lowest BCUT2D eigenvalue weighted by Crippen LogP contribution is -2.19. The second kappa shape index (κ2) is 28.9. The van der Waals surface area contributed by atoms with Crippen LogP contribution in [0.4, 0.5) is 0 Å². The number of ether oxygens (including phenoxy) is 4. The normalized spacial score (nSPS) is 15.2. The van der Waals surface area contributed by atoms with Gasteiger partial charge in [-0.15, -0.1) is 0 Å². The Morgan fingerprint density at radius 3 is 0.789 bits per heavy atom. The highest BCUT2D eigenvalue weighted by Crippen LogP contribution is 2.53. The molecule has 0 aliphatic heterocycles. The molecular formula is C76H82N2O12. The molecule has 0 unspecified atom stereocenters. The molecule has 0 amide bonds. The molecule has 0 saturated heterocycles. The number of esters is 4. The molecule has 8 aromatic carbocycles. The lowest BCUT2D eigenvalue weighted by atomic mass is 9.79. The number of hydrogen-bond acceptors (Lipinski definition) is 14. The van der Waals surface area contributed by atoms with Crippen molar-refractivity contribution in [2.75, 3.05) is 26.2 Å². The molecule has 1 aliphatic carbocycles. The highest BCUT2D eigenvalue weighted by molar-refractivity contribution is 5.94. The summed E-state index contributed by atoms with van der Waals surface area (Å²) in [5.74, 6) is -7.25. The fraction of sp³-hybridized carbons (Fsp3) is 0.316. The van der Waals surface area contributed by atoms with Crippen molar-refractivity contribution in [1.82, 2.24) is 10.6 Å². The monoisotopic (exact) mass is 1210 g/mol. The fourth-order valence-corrected chi connectivity index (χ4v) is 11.6. The molecule has 0 radical (unpaired) electrons. The van der Waals surface area contributed by atoms with Gasteiger partial charge in [0.1, 0.15) is 46.0 Å². The maximum Gasteiger partial charge on any atom is 0.343 e. The Labute approximate surface area is 527 Å². The van der Waals surface area contributed by atoms with E-state index in [0.717, 1.165) is 47.9 Å². The number of aromatic hydroxyl groups is 4. The molecule has 0 saturated carbocycles. The van der Waals surface area contributed by atoms with Gasteiger partial charge in [-0.05, 0) is 152 Å². The zero-order chi connectivity index (χ0) is 64.5. The maximum absolute atomic E-state index is 14.5. The van der Waals surface area contributed by atoms with Gasteiger partial charge in [0.15, 0.2) is 0 Å². The first kappa shape index (κ1) is 65.2. The average Bonchev–Trinajstić information content (AvgIpc) is 0.813. The van der Waals surface area contributed by atoms with Crippen LogP contribution in [-0.4, -0.2) is 70.5 Å². The number of benzene rings is 8. The second-order valence-corrected chi connectivity index (χ2v) is 23.9. The number of unbranched alkanes of at least 4 members (excludes halogenated alkanes) is 2. The Balaban J connectivity index is 1.37. The summed E-state index contributed by atoms with van der Waals surface area (Å²) in [7, 11) is 0. The number of hydrogen-bond donors (Lipinski definition) is 6. The molecule has 8 bridgehead atoms. The molecule has 0 aromatic heterocycles. The molecule has 8 aromatic rings. The Morgan fingerprint density at radius 1 is 0.344 bits per heavy atom. The third kappa shape index (κ3) is 14.6. The van der Waals surface area contributed by atoms with Gasteiger partial charge in [-0.3, -0.25) is 0 Å². The lowest BCUT2D eigenvalue weighted by molar-refractivity contribution is 0.0711. The molecule has 14 nitrogen and oxygen atoms in total. The van der Waals surface area contributed by atoms with Crippen molar-refractivity contribution in [3.8, 4) is 46.0 Å². The standard InChI is InChI=1S/C76H82N2O12/c1-11-13-33-77-35-31-55-69(79)61-39-62(70(55)80)48(8)58-38-60(68(90-76(86)54-29-21-46(6)22-30-54)42-66(58)88-74(84)52-25-17-44(4)18-26-52)50(10)64-40-63(71(81)56(72(64)82)32-36-78-34-14-12-2)49(9)59-37-57(47(61)7)65(87-73(83)51-23-15-43(3)16-24-51)41-67(59)89-75(85)53-27-19-45(5)20-28-53/h15-30,37-42,47-50,77-82H,11-14,31-36H2,1-10H3/t47-,48-,49+,50+. The number of carbonyl (C=O) groups is 4. The van der Waals surface area contributed by atoms with Crippen molar-refractivity contribution < 1.29 is 58.6 Å². The first-order valence-electron chi connectivity index (χ1n) is 31.2. The average molecular weight is 1220 g/mol. The molecule has 1 aliphatic rings. The van der Waals surface area contributed by atoms with Crippen LogP contribution in [0.1, 0.15) is 210 Å². The van der Waals surface area contributed by atoms with Gasteiger partial charge >= 0.3 is 23.9 Å². The van der Waals surface area contributed by atoms with Gasteiger partial charge in [-0.1, -0.05) is 125 Å². The van der Waals surface area contributed by atoms with Crippen LogP contribution in [0.3, 0.4) is 0 Å². The van der Waals surface area contributed by atoms with Gasteiger partial charge < -0.3 is 50.0 Å². The summed E-state index contributed by atoms with van der Waals surface area (Å²) in [5.41, 5.74) is 7.86. The quantitative estimate of drug-likeness (QED) is 0.0238. The van der Waals surface area contributed by atoms with Gasteiger partial charge in [-0.25, -0.2) is 19.2 Å². The molecule has 90 heavy (non-hydrogen) atoms. The molecular weight excluding hydrogens is 1130 g/mol. The van der Waals surface area contributed by atoms with Gasteiger partial charge in [0.05, 0.1) is 22.3 Å². The molecule has 4 atom stereocenters. The summed E-state index contributed by atoms with van der Waals surface area (Å²) < 4.78 is 25.7. The number of carbonyl (C=O) groups excluding carboxylic acids is 4. The first-order valence-corrected chi connectivity index (χ1v) is 31.2. The van der Waals surface area contributed by atoms with Crippen LogP contribution in [0, 0.1) is 27.7 Å². The van der Waals surface area contributed by atoms with E-state index in [1.807, 2.05) is 55.4 Å². The van der Waals surface area contributed by atoms with Gasteiger partial charge in [0, 0.05) is 91.4 Å². The van der Waals surface area contributed by atoms with Crippen molar-refractivity contribution in [3.05, 3.63) is 234 Å². The van der Waals surface area contributed by atoms with Crippen LogP contribution in [0.15, 0.2) is 133 Å². The molecule has 468 valence electrons. The van der Waals surface area contributed by atoms with E-state index >= 15 is 0 Å². The van der Waals surface area contributed by atoms with Crippen LogP contribution < -0.4 is 29.6 Å². The third-order valence-electron chi connectivity index (χ3n) is 17.4. The van der Waals surface area contributed by atoms with Crippen molar-refractivity contribution >= 4 is 23.9 Å². The smallest absolute Gasteiger partial charge is 0.343 e. The Kier molecular flexibility index (Phi) is 21.0. The Hall–Kier alpha value is -9.24. The van der Waals surface area contributed by atoms with E-state index in [1.165, 1.54) is 12.1 Å². The summed E-state index contributed by atoms with van der Waals surface area (Å²) >= 11 is 0. The number of rotatable bonds is 20. The summed E-state index contributed by atoms with van der Waals surface area (Å²) in [4.78, 5) is 58.0. The van der Waals surface area contributed by atoms with E-state index in [4.69, 9.17) is 18.9 Å². The maximum atomic E-state index is 14.5. The van der Waals surface area contributed by atoms with E-state index in [0.29, 0.717) is 70.7 Å². The van der Waals surface area contributed by atoms with Crippen molar-refractivity contribution in [2.24, 2.45) is 0 Å². The minimum atomic E-state index is -0.878. The van der Waals surface area contributed by atoms with Crippen molar-refractivity contribution in [3.63, 3.8) is 0 Å². The van der Waals surface area contributed by atoms with E-state index in [-0.39, 0.29) is 92.2 Å². The number of aryl methyl sites for hydroxylation is 4. The van der Waals surface area contributed by atoms with Crippen molar-refractivity contribution in [2.45, 2.75) is 131 Å². The van der Waals surface area contributed by atoms with E-state index in [9.17, 15) is 39.6 Å². The van der Waals surface area contributed by atoms with Crippen LogP contribution in [-0.2, 0) is 12.8 Å². The summed E-state index contributed by atoms with van der Waals surface area (Å²) in [5, 5.41) is 58.2. The third-order valence-corrected chi connectivity index (χ3v) is 17.4. The molecule has 0 fully saturated rings. The molecule has 6 N–H and O–H groups in total. The molecule has 0 spiro atoms. The van der Waals surface area contributed by atoms with Crippen LogP contribution in [0.25, 0.3) is 0 Å². The number of phenolic OH excluding ortho intramolecular Hbond substituents is 4. The fourth-order valence-electron chi connectivity index (χ4n) is 11.6. The predicted molar refractivity (Wildman–Crippen MR) is 350 cm³/mol. The molecule has 9 rings (SSSR count). The second-order valence-electron chi connectivity index (χ2n) is 23.9. The summed E-state index contributed by atoms with van der Waals surface area (Å²) in [6, 6.07) is 37.5. The lowest BCUT2D eigenvalue weighted by Gasteiger charge is -2.29. The van der Waals surface area contributed by atoms with Crippen molar-refractivity contribution in [1.29, 1.82) is 0 Å². The summed E-state index contributed by atoms with van der Waals surface area (Å²) in [6.07, 6.45) is 4.03. The van der Waals surface area contributed by atoms with Gasteiger partial charge in [0.2, 0.25) is 0 Å². The highest BCUT2D eigenvalue weighted by atomic mass is 16.6. The Morgan fingerprint density at radius 2 is 0.567 bits per heavy atom. The van der Waals surface area contributed by atoms with E-state index in [2.05, 4.69) is 24.5 Å². The van der Waals surface area contributed by atoms with Crippen LogP contribution in [0.5, 0.6) is 46.0 Å². The molecule has 14 heteroatoms. The van der Waals surface area contributed by atoms with Crippen LogP contribution >= 0.6 is 0 Å². The minimum absolute atomic E-state index is 0.00416. The largest absolute Gasteiger partial charge is 0.507 e. The predicted octanol–water partition coefficient (Wildman–Crippen LogP) is 15.4. The minimum Gasteiger partial charge on any atom is -0.507 e. The summed E-state index contributed by atoms with van der Waals surface area (Å²) in [6.45, 7) is 21.3. The number of phenols is 4. The van der Waals surface area contributed by atoms with Gasteiger partial charge in [-0.2, -0.15) is 0 Å². The first-order chi connectivity index (χ1) is 43.2. The molecule has 0 heterocycles. The zero-order valence-corrected chi connectivity index (χ0v) is 53.1. The number of fused-ring (bicyclic) bond motifs is 8. The van der Waals surface area contributed by atoms with E-state index < -0.39 is 47.5 Å². The number of nitrogens with one attached hydrogen (secondary N) is 2. The SMILES string of the molecule is CCCCNCCc1c(O)c2cc(c1O)[C@H](C)c1cc(c(OC(=O)c3ccc(C)cc3)cc1OC(=O)c1ccc(C)cc1)[C@H](C)c1cc(c(O)c(CCNCCCC)c1O)[C@@H](C)c1cc(c(OC(=O)c3ccc(C)cc3)cc1OC(=O)c1ccc(C)cc1)[C@H]2C. The highest BCUT2D eigenvalue weighted by Gasteiger charge is 2.35. The topological polar surface area (TPSA) is 210 Å². The van der Waals surface area contributed by atoms with Gasteiger partial charge in [0.25, 0.3) is 0 Å². The Bertz CT molecular complexity index is 3450. The van der Waals surface area contributed by atoms with E-state index in [1.54, 1.807) is 121 Å². The zero-order valence-electron chi connectivity index (χ0n) is 53.1.